The summed E-state index contributed by atoms with van der Waals surface area (Å²) in [6.45, 7) is 4.93. The molecular weight excluding hydrogens is 280 g/mol. The zero-order valence-electron chi connectivity index (χ0n) is 12.9. The molecule has 5 heteroatoms. The minimum absolute atomic E-state index is 0.116. The van der Waals surface area contributed by atoms with Crippen LogP contribution in [0.1, 0.15) is 34.3 Å². The van der Waals surface area contributed by atoms with Gasteiger partial charge in [0.05, 0.1) is 12.3 Å². The number of para-hydroxylation sites is 1. The largest absolute Gasteiger partial charge is 0.493 e. The van der Waals surface area contributed by atoms with E-state index in [-0.39, 0.29) is 11.8 Å². The number of carbonyl (C=O) groups is 1. The van der Waals surface area contributed by atoms with Gasteiger partial charge < -0.3 is 14.6 Å². The zero-order chi connectivity index (χ0) is 15.5. The van der Waals surface area contributed by atoms with Gasteiger partial charge in [-0.3, -0.25) is 4.79 Å². The number of rotatable bonds is 4. The first-order valence-corrected chi connectivity index (χ1v) is 7.63. The fourth-order valence-corrected chi connectivity index (χ4v) is 2.80. The molecule has 0 fully saturated rings. The standard InChI is InChI=1S/C17H20N2O3/c1-3-14-16(11(2)22-19-14)17(20)18-9-12-8-13-6-4-5-7-15(13)21-10-12/h4-7,12H,3,8-10H2,1-2H3,(H,18,20). The molecule has 3 rings (SSSR count). The second-order valence-corrected chi connectivity index (χ2v) is 5.61. The summed E-state index contributed by atoms with van der Waals surface area (Å²) >= 11 is 0. The quantitative estimate of drug-likeness (QED) is 0.942. The number of aryl methyl sites for hydroxylation is 2. The first-order valence-electron chi connectivity index (χ1n) is 7.63. The second kappa shape index (κ2) is 6.22. The summed E-state index contributed by atoms with van der Waals surface area (Å²) in [5.74, 6) is 1.69. The number of hydrogen-bond donors (Lipinski definition) is 1. The van der Waals surface area contributed by atoms with Crippen LogP contribution in [0.4, 0.5) is 0 Å². The normalized spacial score (nSPS) is 16.7. The summed E-state index contributed by atoms with van der Waals surface area (Å²) in [6, 6.07) is 8.04. The van der Waals surface area contributed by atoms with E-state index < -0.39 is 0 Å². The molecule has 1 aromatic heterocycles. The van der Waals surface area contributed by atoms with E-state index in [2.05, 4.69) is 16.5 Å². The predicted molar refractivity (Wildman–Crippen MR) is 82.1 cm³/mol. The van der Waals surface area contributed by atoms with E-state index in [1.807, 2.05) is 25.1 Å². The summed E-state index contributed by atoms with van der Waals surface area (Å²) < 4.78 is 10.9. The van der Waals surface area contributed by atoms with Crippen molar-refractivity contribution in [3.63, 3.8) is 0 Å². The van der Waals surface area contributed by atoms with Crippen molar-refractivity contribution in [2.75, 3.05) is 13.2 Å². The van der Waals surface area contributed by atoms with Crippen LogP contribution in [0.5, 0.6) is 5.75 Å². The maximum atomic E-state index is 12.3. The van der Waals surface area contributed by atoms with Crippen LogP contribution in [0.3, 0.4) is 0 Å². The third-order valence-corrected chi connectivity index (χ3v) is 4.00. The van der Waals surface area contributed by atoms with Crippen molar-refractivity contribution in [3.8, 4) is 5.75 Å². The summed E-state index contributed by atoms with van der Waals surface area (Å²) in [7, 11) is 0. The van der Waals surface area contributed by atoms with E-state index in [4.69, 9.17) is 9.26 Å². The van der Waals surface area contributed by atoms with Crippen LogP contribution in [0, 0.1) is 12.8 Å². The average Bonchev–Trinajstić information content (AvgIpc) is 2.93. The lowest BCUT2D eigenvalue weighted by molar-refractivity contribution is 0.0936. The predicted octanol–water partition coefficient (Wildman–Crippen LogP) is 2.53. The van der Waals surface area contributed by atoms with Gasteiger partial charge in [-0.2, -0.15) is 0 Å². The van der Waals surface area contributed by atoms with E-state index >= 15 is 0 Å². The van der Waals surface area contributed by atoms with Gasteiger partial charge in [-0.25, -0.2) is 0 Å². The molecule has 1 atom stereocenters. The van der Waals surface area contributed by atoms with Crippen molar-refractivity contribution in [1.29, 1.82) is 0 Å². The fourth-order valence-electron chi connectivity index (χ4n) is 2.80. The lowest BCUT2D eigenvalue weighted by Gasteiger charge is -2.25. The molecule has 0 saturated heterocycles. The van der Waals surface area contributed by atoms with Crippen LogP contribution in [0.2, 0.25) is 0 Å². The van der Waals surface area contributed by atoms with Gasteiger partial charge >= 0.3 is 0 Å². The summed E-state index contributed by atoms with van der Waals surface area (Å²) in [5, 5.41) is 6.90. The summed E-state index contributed by atoms with van der Waals surface area (Å²) in [6.07, 6.45) is 1.60. The Morgan fingerprint density at radius 2 is 2.23 bits per heavy atom. The Morgan fingerprint density at radius 3 is 3.05 bits per heavy atom. The van der Waals surface area contributed by atoms with Gasteiger partial charge in [0.15, 0.2) is 0 Å². The Hall–Kier alpha value is -2.30. The minimum Gasteiger partial charge on any atom is -0.493 e. The molecule has 1 N–H and O–H groups in total. The Morgan fingerprint density at radius 1 is 1.41 bits per heavy atom. The van der Waals surface area contributed by atoms with E-state index in [1.165, 1.54) is 5.56 Å². The Bertz CT molecular complexity index is 678. The molecule has 0 radical (unpaired) electrons. The van der Waals surface area contributed by atoms with E-state index in [0.29, 0.717) is 36.6 Å². The second-order valence-electron chi connectivity index (χ2n) is 5.61. The number of nitrogens with one attached hydrogen (secondary N) is 1. The van der Waals surface area contributed by atoms with Crippen molar-refractivity contribution >= 4 is 5.91 Å². The molecular formula is C17H20N2O3. The average molecular weight is 300 g/mol. The lowest BCUT2D eigenvalue weighted by Crippen LogP contribution is -2.35. The highest BCUT2D eigenvalue weighted by Gasteiger charge is 2.23. The number of ether oxygens (including phenoxy) is 1. The topological polar surface area (TPSA) is 64.4 Å². The van der Waals surface area contributed by atoms with E-state index in [0.717, 1.165) is 12.2 Å². The van der Waals surface area contributed by atoms with E-state index in [9.17, 15) is 4.79 Å². The zero-order valence-corrected chi connectivity index (χ0v) is 12.9. The van der Waals surface area contributed by atoms with Crippen LogP contribution in [-0.2, 0) is 12.8 Å². The maximum Gasteiger partial charge on any atom is 0.256 e. The van der Waals surface area contributed by atoms with Gasteiger partial charge in [0.2, 0.25) is 0 Å². The third-order valence-electron chi connectivity index (χ3n) is 4.00. The number of aromatic nitrogens is 1. The summed E-state index contributed by atoms with van der Waals surface area (Å²) in [5.41, 5.74) is 2.48. The van der Waals surface area contributed by atoms with Crippen molar-refractivity contribution in [2.24, 2.45) is 5.92 Å². The molecule has 1 aliphatic rings. The number of benzene rings is 1. The van der Waals surface area contributed by atoms with Crippen LogP contribution in [0.25, 0.3) is 0 Å². The van der Waals surface area contributed by atoms with Crippen molar-refractivity contribution in [3.05, 3.63) is 46.8 Å². The smallest absolute Gasteiger partial charge is 0.256 e. The molecule has 1 amide bonds. The van der Waals surface area contributed by atoms with Crippen LogP contribution >= 0.6 is 0 Å². The van der Waals surface area contributed by atoms with Crippen molar-refractivity contribution in [1.82, 2.24) is 10.5 Å². The molecule has 1 unspecified atom stereocenters. The molecule has 2 heterocycles. The van der Waals surface area contributed by atoms with Crippen LogP contribution < -0.4 is 10.1 Å². The Balaban J connectivity index is 1.62. The fraction of sp³-hybridized carbons (Fsp3) is 0.412. The highest BCUT2D eigenvalue weighted by Crippen LogP contribution is 2.26. The monoisotopic (exact) mass is 300 g/mol. The van der Waals surface area contributed by atoms with Gasteiger partial charge in [0, 0.05) is 12.5 Å². The Kier molecular flexibility index (Phi) is 4.13. The SMILES string of the molecule is CCc1noc(C)c1C(=O)NCC1COc2ccccc2C1. The number of carbonyl (C=O) groups excluding carboxylic acids is 1. The molecule has 0 saturated carbocycles. The number of amides is 1. The highest BCUT2D eigenvalue weighted by molar-refractivity contribution is 5.96. The summed E-state index contributed by atoms with van der Waals surface area (Å²) in [4.78, 5) is 12.3. The molecule has 5 nitrogen and oxygen atoms in total. The molecule has 0 spiro atoms. The van der Waals surface area contributed by atoms with Gasteiger partial charge in [0.1, 0.15) is 17.1 Å². The first kappa shape index (κ1) is 14.6. The lowest BCUT2D eigenvalue weighted by atomic mass is 9.96. The molecule has 22 heavy (non-hydrogen) atoms. The van der Waals surface area contributed by atoms with E-state index in [1.54, 1.807) is 6.92 Å². The number of hydrogen-bond acceptors (Lipinski definition) is 4. The molecule has 0 bridgehead atoms. The van der Waals surface area contributed by atoms with Crippen molar-refractivity contribution in [2.45, 2.75) is 26.7 Å². The van der Waals surface area contributed by atoms with Gasteiger partial charge in [-0.15, -0.1) is 0 Å². The minimum atomic E-state index is -0.116. The molecule has 1 aromatic carbocycles. The van der Waals surface area contributed by atoms with Crippen LogP contribution in [-0.4, -0.2) is 24.2 Å². The Labute approximate surface area is 129 Å². The first-order chi connectivity index (χ1) is 10.7. The molecule has 2 aromatic rings. The van der Waals surface area contributed by atoms with Crippen LogP contribution in [0.15, 0.2) is 28.8 Å². The van der Waals surface area contributed by atoms with Crippen molar-refractivity contribution < 1.29 is 14.1 Å². The highest BCUT2D eigenvalue weighted by atomic mass is 16.5. The molecule has 116 valence electrons. The third kappa shape index (κ3) is 2.84. The van der Waals surface area contributed by atoms with Gasteiger partial charge in [-0.05, 0) is 31.4 Å². The number of nitrogens with zero attached hydrogens (tertiary/aromatic N) is 1. The number of fused-ring (bicyclic) bond motifs is 1. The van der Waals surface area contributed by atoms with Gasteiger partial charge in [-0.1, -0.05) is 30.3 Å². The maximum absolute atomic E-state index is 12.3. The molecule has 0 aliphatic carbocycles. The van der Waals surface area contributed by atoms with Gasteiger partial charge in [0.25, 0.3) is 5.91 Å². The molecule has 1 aliphatic heterocycles.